The molecule has 1 aliphatic carbocycles. The van der Waals surface area contributed by atoms with Crippen LogP contribution >= 0.6 is 0 Å². The van der Waals surface area contributed by atoms with Crippen molar-refractivity contribution in [1.29, 1.82) is 0 Å². The molecule has 2 aliphatic heterocycles. The van der Waals surface area contributed by atoms with Crippen molar-refractivity contribution in [2.75, 3.05) is 64.5 Å². The molecule has 1 saturated carbocycles. The van der Waals surface area contributed by atoms with Gasteiger partial charge in [0.25, 0.3) is 0 Å². The van der Waals surface area contributed by atoms with E-state index in [1.165, 1.54) is 12.8 Å². The molecule has 0 spiro atoms. The number of piperazine rings is 1. The van der Waals surface area contributed by atoms with Crippen LogP contribution in [0.25, 0.3) is 0 Å². The van der Waals surface area contributed by atoms with E-state index in [-0.39, 0.29) is 24.5 Å². The summed E-state index contributed by atoms with van der Waals surface area (Å²) in [5.74, 6) is 2.93. The van der Waals surface area contributed by atoms with E-state index < -0.39 is 0 Å². The third-order valence-corrected chi connectivity index (χ3v) is 7.44. The summed E-state index contributed by atoms with van der Waals surface area (Å²) in [5, 5.41) is 7.01. The third kappa shape index (κ3) is 5.92. The first-order chi connectivity index (χ1) is 17.6. The van der Waals surface area contributed by atoms with Crippen molar-refractivity contribution >= 4 is 11.6 Å². The monoisotopic (exact) mass is 498 g/mol. The molecule has 1 N–H and O–H groups in total. The number of benzene rings is 1. The molecule has 2 saturated heterocycles. The Labute approximate surface area is 212 Å². The molecule has 10 heteroatoms. The minimum absolute atomic E-state index is 0.0608. The Hall–Kier alpha value is -2.85. The number of nitrogens with one attached hydrogen (secondary N) is 1. The summed E-state index contributed by atoms with van der Waals surface area (Å²) in [5.41, 5.74) is 1.10. The molecule has 5 rings (SSSR count). The number of rotatable bonds is 8. The first-order valence-electron chi connectivity index (χ1n) is 13.2. The van der Waals surface area contributed by atoms with Gasteiger partial charge in [0.05, 0.1) is 38.9 Å². The predicted octanol–water partition coefficient (Wildman–Crippen LogP) is 2.04. The first-order valence-corrected chi connectivity index (χ1v) is 13.2. The summed E-state index contributed by atoms with van der Waals surface area (Å²) in [4.78, 5) is 24.5. The van der Waals surface area contributed by atoms with Gasteiger partial charge in [0.1, 0.15) is 5.82 Å². The molecule has 196 valence electrons. The zero-order chi connectivity index (χ0) is 24.9. The highest BCUT2D eigenvalue weighted by molar-refractivity contribution is 5.78. The molecule has 3 heterocycles. The number of aromatic nitrogens is 3. The molecule has 1 atom stereocenters. The zero-order valence-corrected chi connectivity index (χ0v) is 21.4. The van der Waals surface area contributed by atoms with Crippen molar-refractivity contribution in [3.05, 3.63) is 29.8 Å². The lowest BCUT2D eigenvalue weighted by Gasteiger charge is -2.44. The summed E-state index contributed by atoms with van der Waals surface area (Å²) in [6.07, 6.45) is 5.11. The lowest BCUT2D eigenvalue weighted by Crippen LogP contribution is -2.60. The molecule has 0 radical (unpaired) electrons. The van der Waals surface area contributed by atoms with Gasteiger partial charge in [-0.05, 0) is 44.7 Å². The van der Waals surface area contributed by atoms with Gasteiger partial charge in [-0.15, -0.1) is 0 Å². The first kappa shape index (κ1) is 24.8. The summed E-state index contributed by atoms with van der Waals surface area (Å²) < 4.78 is 17.5. The van der Waals surface area contributed by atoms with Gasteiger partial charge >= 0.3 is 0 Å². The number of methoxy groups -OCH3 is 1. The minimum Gasteiger partial charge on any atom is -0.493 e. The van der Waals surface area contributed by atoms with E-state index in [1.807, 2.05) is 17.9 Å². The maximum Gasteiger partial charge on any atom is 0.230 e. The van der Waals surface area contributed by atoms with Crippen LogP contribution in [0.5, 0.6) is 11.5 Å². The Kier molecular flexibility index (Phi) is 7.91. The normalized spacial score (nSPS) is 21.7. The van der Waals surface area contributed by atoms with E-state index in [2.05, 4.69) is 37.1 Å². The topological polar surface area (TPSA) is 96.0 Å². The Bertz CT molecular complexity index is 1020. The largest absolute Gasteiger partial charge is 0.493 e. The molecule has 10 nitrogen and oxygen atoms in total. The van der Waals surface area contributed by atoms with E-state index in [0.717, 1.165) is 81.8 Å². The zero-order valence-electron chi connectivity index (χ0n) is 21.4. The molecule has 1 aromatic heterocycles. The van der Waals surface area contributed by atoms with Gasteiger partial charge in [-0.2, -0.15) is 5.10 Å². The number of aryl methyl sites for hydroxylation is 1. The van der Waals surface area contributed by atoms with Gasteiger partial charge < -0.3 is 24.0 Å². The number of ether oxygens (including phenoxy) is 3. The van der Waals surface area contributed by atoms with Crippen LogP contribution in [-0.4, -0.2) is 103 Å². The number of hydrogen-bond acceptors (Lipinski definition) is 8. The van der Waals surface area contributed by atoms with Gasteiger partial charge in [0.15, 0.2) is 17.3 Å². The van der Waals surface area contributed by atoms with Crippen molar-refractivity contribution in [1.82, 2.24) is 25.0 Å². The predicted molar refractivity (Wildman–Crippen MR) is 136 cm³/mol. The molecule has 2 aromatic rings. The van der Waals surface area contributed by atoms with Crippen LogP contribution in [0.4, 0.5) is 5.69 Å². The quantitative estimate of drug-likeness (QED) is 0.591. The Morgan fingerprint density at radius 2 is 1.94 bits per heavy atom. The minimum atomic E-state index is 0.0608. The lowest BCUT2D eigenvalue weighted by atomic mass is 10.1. The van der Waals surface area contributed by atoms with Crippen molar-refractivity contribution in [2.24, 2.45) is 0 Å². The molecule has 3 aliphatic rings. The lowest BCUT2D eigenvalue weighted by molar-refractivity contribution is -0.134. The number of H-pyrrole nitrogens is 1. The van der Waals surface area contributed by atoms with Gasteiger partial charge in [-0.25, -0.2) is 4.98 Å². The second-order valence-corrected chi connectivity index (χ2v) is 9.97. The Balaban J connectivity index is 1.32. The highest BCUT2D eigenvalue weighted by atomic mass is 16.5. The molecule has 1 aromatic carbocycles. The molecule has 0 unspecified atom stereocenters. The maximum atomic E-state index is 13.3. The average Bonchev–Trinajstić information content (AvgIpc) is 3.56. The third-order valence-electron chi connectivity index (χ3n) is 7.44. The van der Waals surface area contributed by atoms with Crippen molar-refractivity contribution in [3.8, 4) is 11.5 Å². The second kappa shape index (κ2) is 11.5. The number of anilines is 1. The van der Waals surface area contributed by atoms with Crippen molar-refractivity contribution in [2.45, 2.75) is 51.2 Å². The maximum absolute atomic E-state index is 13.3. The van der Waals surface area contributed by atoms with Crippen LogP contribution in [0, 0.1) is 6.92 Å². The SMILES string of the molecule is COc1ccc(N2CCN(C(=O)Cc3n[nH]c(C)n3)[C@@H](CN3CCOCC3)C2)cc1OC1CCCC1. The Morgan fingerprint density at radius 3 is 2.67 bits per heavy atom. The van der Waals surface area contributed by atoms with Gasteiger partial charge in [-0.1, -0.05) is 0 Å². The van der Waals surface area contributed by atoms with Crippen LogP contribution in [0.3, 0.4) is 0 Å². The Morgan fingerprint density at radius 1 is 1.14 bits per heavy atom. The van der Waals surface area contributed by atoms with Crippen LogP contribution in [0.2, 0.25) is 0 Å². The number of amides is 1. The van der Waals surface area contributed by atoms with Gasteiger partial charge in [0, 0.05) is 51.0 Å². The molecular weight excluding hydrogens is 460 g/mol. The second-order valence-electron chi connectivity index (χ2n) is 9.97. The summed E-state index contributed by atoms with van der Waals surface area (Å²) in [6.45, 7) is 8.09. The standard InChI is InChI=1S/C26H38N6O4/c1-19-27-25(29-28-19)16-26(33)32-10-9-31(18-21(32)17-30-11-13-35-14-12-30)20-7-8-23(34-2)24(15-20)36-22-5-3-4-6-22/h7-8,15,21-22H,3-6,9-14,16-18H2,1-2H3,(H,27,28,29)/t21-/m0/s1. The van der Waals surface area contributed by atoms with Crippen LogP contribution < -0.4 is 14.4 Å². The average molecular weight is 499 g/mol. The number of hydrogen-bond donors (Lipinski definition) is 1. The van der Waals surface area contributed by atoms with Crippen LogP contribution in [0.1, 0.15) is 37.3 Å². The fourth-order valence-electron chi connectivity index (χ4n) is 5.50. The van der Waals surface area contributed by atoms with E-state index in [4.69, 9.17) is 14.2 Å². The summed E-state index contributed by atoms with van der Waals surface area (Å²) in [7, 11) is 1.69. The fraction of sp³-hybridized carbons (Fsp3) is 0.654. The molecule has 3 fully saturated rings. The van der Waals surface area contributed by atoms with Crippen molar-refractivity contribution in [3.63, 3.8) is 0 Å². The van der Waals surface area contributed by atoms with E-state index in [1.54, 1.807) is 7.11 Å². The van der Waals surface area contributed by atoms with E-state index >= 15 is 0 Å². The highest BCUT2D eigenvalue weighted by Crippen LogP contribution is 2.35. The highest BCUT2D eigenvalue weighted by Gasteiger charge is 2.33. The van der Waals surface area contributed by atoms with Crippen LogP contribution in [-0.2, 0) is 16.0 Å². The van der Waals surface area contributed by atoms with Gasteiger partial charge in [0.2, 0.25) is 5.91 Å². The molecule has 0 bridgehead atoms. The van der Waals surface area contributed by atoms with Crippen LogP contribution in [0.15, 0.2) is 18.2 Å². The van der Waals surface area contributed by atoms with Crippen molar-refractivity contribution < 1.29 is 19.0 Å². The number of carbonyl (C=O) groups is 1. The molecule has 36 heavy (non-hydrogen) atoms. The number of aromatic amines is 1. The number of carbonyl (C=O) groups excluding carboxylic acids is 1. The number of nitrogens with zero attached hydrogens (tertiary/aromatic N) is 5. The van der Waals surface area contributed by atoms with E-state index in [0.29, 0.717) is 12.4 Å². The molecule has 1 amide bonds. The van der Waals surface area contributed by atoms with Gasteiger partial charge in [-0.3, -0.25) is 14.8 Å². The summed E-state index contributed by atoms with van der Waals surface area (Å²) in [6, 6.07) is 6.27. The molecular formula is C26H38N6O4. The summed E-state index contributed by atoms with van der Waals surface area (Å²) >= 11 is 0. The fourth-order valence-corrected chi connectivity index (χ4v) is 5.50. The van der Waals surface area contributed by atoms with E-state index in [9.17, 15) is 4.79 Å². The number of morpholine rings is 1. The smallest absolute Gasteiger partial charge is 0.230 e.